The lowest BCUT2D eigenvalue weighted by molar-refractivity contribution is 0.670. The number of rotatable bonds is 5. The van der Waals surface area contributed by atoms with E-state index in [4.69, 9.17) is 24.9 Å². The van der Waals surface area contributed by atoms with E-state index in [0.717, 1.165) is 31.1 Å². The zero-order chi connectivity index (χ0) is 50.6. The molecule has 14 aromatic rings. The molecule has 5 aromatic heterocycles. The van der Waals surface area contributed by atoms with Gasteiger partial charge in [0.15, 0.2) is 11.6 Å². The lowest BCUT2D eigenvalue weighted by Gasteiger charge is -2.13. The Labute approximate surface area is 383 Å². The van der Waals surface area contributed by atoms with Gasteiger partial charge < -0.3 is 8.98 Å². The molecule has 0 bridgehead atoms. The predicted octanol–water partition coefficient (Wildman–Crippen LogP) is 15.3. The van der Waals surface area contributed by atoms with E-state index in [1.165, 1.54) is 4.57 Å². The van der Waals surface area contributed by atoms with Gasteiger partial charge in [0.1, 0.15) is 11.2 Å². The van der Waals surface area contributed by atoms with Crippen molar-refractivity contribution in [3.8, 4) is 45.5 Å². The fourth-order valence-corrected chi connectivity index (χ4v) is 10.4. The summed E-state index contributed by atoms with van der Waals surface area (Å²) in [5.74, 6) is 0.409. The molecule has 0 radical (unpaired) electrons. The number of thiophene rings is 1. The molecular formula is C57H33N5OS. The van der Waals surface area contributed by atoms with Crippen LogP contribution in [-0.2, 0) is 0 Å². The molecule has 0 atom stereocenters. The first-order chi connectivity index (χ1) is 35.9. The lowest BCUT2D eigenvalue weighted by atomic mass is 10.0. The molecule has 64 heavy (non-hydrogen) atoms. The van der Waals surface area contributed by atoms with Crippen molar-refractivity contribution in [1.82, 2.24) is 24.1 Å². The topological polar surface area (TPSA) is 61.7 Å². The minimum absolute atomic E-state index is 0.00730. The normalized spacial score (nSPS) is 14.2. The van der Waals surface area contributed by atoms with E-state index >= 15 is 0 Å². The number of para-hydroxylation sites is 3. The van der Waals surface area contributed by atoms with Crippen LogP contribution in [0.5, 0.6) is 0 Å². The number of benzene rings is 9. The van der Waals surface area contributed by atoms with Crippen molar-refractivity contribution in [1.29, 1.82) is 0 Å². The summed E-state index contributed by atoms with van der Waals surface area (Å²) in [7, 11) is 0. The number of fused-ring (bicyclic) bond motifs is 12. The van der Waals surface area contributed by atoms with E-state index in [2.05, 4.69) is 12.1 Å². The largest absolute Gasteiger partial charge is 0.455 e. The highest BCUT2D eigenvalue weighted by molar-refractivity contribution is 7.26. The minimum Gasteiger partial charge on any atom is -0.455 e. The van der Waals surface area contributed by atoms with Crippen molar-refractivity contribution in [2.45, 2.75) is 0 Å². The molecule has 5 heterocycles. The molecule has 14 rings (SSSR count). The molecule has 0 aliphatic heterocycles. The van der Waals surface area contributed by atoms with Crippen molar-refractivity contribution in [3.05, 3.63) is 200 Å². The van der Waals surface area contributed by atoms with Crippen molar-refractivity contribution in [2.75, 3.05) is 0 Å². The van der Waals surface area contributed by atoms with Gasteiger partial charge in [0.05, 0.1) is 35.8 Å². The van der Waals surface area contributed by atoms with Crippen LogP contribution in [0, 0.1) is 0 Å². The quantitative estimate of drug-likeness (QED) is 0.173. The third-order valence-corrected chi connectivity index (χ3v) is 13.2. The second-order valence-corrected chi connectivity index (χ2v) is 16.6. The van der Waals surface area contributed by atoms with E-state index in [9.17, 15) is 8.22 Å². The SMILES string of the molecule is [2H]c1c([2H])c([2H])c2c(c1[2H])c1c([2H])c3c4c([2H])c([2H])c([2H])c([2H])c4n(-c4nc(-c5ccccc5)nc(-c5cccc6c5sc5ccccc56)n4)c3c([2H])c1n2-c1cc(-c2ccccc2)c2oc3ccccc3c2c1. The van der Waals surface area contributed by atoms with Gasteiger partial charge in [-0.05, 0) is 60.1 Å². The summed E-state index contributed by atoms with van der Waals surface area (Å²) in [4.78, 5) is 15.3. The average molecular weight is 846 g/mol. The Morgan fingerprint density at radius 1 is 0.453 bits per heavy atom. The molecule has 0 fully saturated rings. The van der Waals surface area contributed by atoms with Crippen LogP contribution >= 0.6 is 11.3 Å². The summed E-state index contributed by atoms with van der Waals surface area (Å²) in [5.41, 5.74) is 4.27. The van der Waals surface area contributed by atoms with Crippen molar-refractivity contribution in [2.24, 2.45) is 0 Å². The van der Waals surface area contributed by atoms with Crippen LogP contribution in [0.1, 0.15) is 13.7 Å². The molecule has 0 saturated carbocycles. The second-order valence-electron chi connectivity index (χ2n) is 15.6. The number of hydrogen-bond acceptors (Lipinski definition) is 5. The number of nitrogens with zero attached hydrogens (tertiary/aromatic N) is 5. The first kappa shape index (κ1) is 26.8. The molecule has 0 unspecified atom stereocenters. The van der Waals surface area contributed by atoms with Crippen LogP contribution in [0.3, 0.4) is 0 Å². The monoisotopic (exact) mass is 845 g/mol. The Morgan fingerprint density at radius 2 is 1.09 bits per heavy atom. The van der Waals surface area contributed by atoms with Crippen molar-refractivity contribution in [3.63, 3.8) is 0 Å². The second kappa shape index (κ2) is 13.6. The fourth-order valence-electron chi connectivity index (χ4n) is 9.17. The van der Waals surface area contributed by atoms with Crippen LogP contribution < -0.4 is 0 Å². The van der Waals surface area contributed by atoms with E-state index in [1.807, 2.05) is 127 Å². The Morgan fingerprint density at radius 3 is 1.89 bits per heavy atom. The Kier molecular flexibility index (Phi) is 5.68. The molecule has 0 spiro atoms. The standard InChI is InChI=1S/C57H33N5OS/c1-3-16-34(17-4-1)43-30-36(31-46-39-22-9-13-28-51(39)63-53(43)46)61-47-26-11-7-20-37(47)44-32-45-38-21-8-12-27-48(38)62(50(45)33-49(44)61)57-59-55(35-18-5-2-6-19-35)58-56(60-57)42-25-15-24-41-40-23-10-14-29-52(40)64-54(41)42/h1-33H/i7D,8D,11D,12D,20D,21D,26D,27D,32D,33D. The number of furan rings is 1. The molecule has 6 nitrogen and oxygen atoms in total. The average Bonchev–Trinajstić information content (AvgIpc) is 4.24. The Bertz CT molecular complexity index is 4800. The molecular weight excluding hydrogens is 803 g/mol. The van der Waals surface area contributed by atoms with Crippen molar-refractivity contribution < 1.29 is 18.1 Å². The number of aromatic nitrogens is 5. The zero-order valence-electron chi connectivity index (χ0n) is 43.3. The van der Waals surface area contributed by atoms with Gasteiger partial charge in [-0.15, -0.1) is 11.3 Å². The van der Waals surface area contributed by atoms with Crippen molar-refractivity contribution >= 4 is 97.1 Å². The summed E-state index contributed by atoms with van der Waals surface area (Å²) in [6.07, 6.45) is 0. The summed E-state index contributed by atoms with van der Waals surface area (Å²) >= 11 is 1.59. The van der Waals surface area contributed by atoms with Gasteiger partial charge in [0.2, 0.25) is 5.95 Å². The fraction of sp³-hybridized carbons (Fsp3) is 0. The first-order valence-electron chi connectivity index (χ1n) is 25.6. The third kappa shape index (κ3) is 5.16. The Hall–Kier alpha value is -8.39. The summed E-state index contributed by atoms with van der Waals surface area (Å²) in [5, 5.41) is 3.37. The summed E-state index contributed by atoms with van der Waals surface area (Å²) in [6, 6.07) is 39.6. The first-order valence-corrected chi connectivity index (χ1v) is 21.4. The van der Waals surface area contributed by atoms with Gasteiger partial charge in [-0.25, -0.2) is 4.98 Å². The van der Waals surface area contributed by atoms with E-state index in [0.29, 0.717) is 38.9 Å². The molecule has 298 valence electrons. The van der Waals surface area contributed by atoms with Crippen LogP contribution in [0.2, 0.25) is 0 Å². The maximum absolute atomic E-state index is 10.6. The minimum atomic E-state index is -0.566. The lowest BCUT2D eigenvalue weighted by Crippen LogP contribution is -2.06. The van der Waals surface area contributed by atoms with E-state index < -0.39 is 48.3 Å². The predicted molar refractivity (Wildman–Crippen MR) is 265 cm³/mol. The maximum Gasteiger partial charge on any atom is 0.238 e. The highest BCUT2D eigenvalue weighted by Gasteiger charge is 2.23. The van der Waals surface area contributed by atoms with Gasteiger partial charge in [0, 0.05) is 74.9 Å². The molecule has 9 aromatic carbocycles. The van der Waals surface area contributed by atoms with Gasteiger partial charge in [-0.2, -0.15) is 9.97 Å². The summed E-state index contributed by atoms with van der Waals surface area (Å²) in [6.45, 7) is 0. The highest BCUT2D eigenvalue weighted by atomic mass is 32.1. The van der Waals surface area contributed by atoms with Gasteiger partial charge >= 0.3 is 0 Å². The van der Waals surface area contributed by atoms with Crippen LogP contribution in [-0.4, -0.2) is 24.1 Å². The maximum atomic E-state index is 10.6. The zero-order valence-corrected chi connectivity index (χ0v) is 34.1. The van der Waals surface area contributed by atoms with E-state index in [1.54, 1.807) is 15.9 Å². The van der Waals surface area contributed by atoms with Gasteiger partial charge in [-0.1, -0.05) is 145 Å². The highest BCUT2D eigenvalue weighted by Crippen LogP contribution is 2.44. The van der Waals surface area contributed by atoms with Gasteiger partial charge in [-0.3, -0.25) is 4.57 Å². The van der Waals surface area contributed by atoms with Crippen LogP contribution in [0.25, 0.3) is 131 Å². The smallest absolute Gasteiger partial charge is 0.238 e. The molecule has 0 amide bonds. The molecule has 0 saturated heterocycles. The van der Waals surface area contributed by atoms with Crippen LogP contribution in [0.15, 0.2) is 204 Å². The third-order valence-electron chi connectivity index (χ3n) is 12.0. The molecule has 7 heteroatoms. The van der Waals surface area contributed by atoms with E-state index in [-0.39, 0.29) is 73.3 Å². The Balaban J connectivity index is 1.19. The number of hydrogen-bond donors (Lipinski definition) is 0. The van der Waals surface area contributed by atoms with Crippen LogP contribution in [0.4, 0.5) is 0 Å². The molecule has 0 N–H and O–H groups in total. The van der Waals surface area contributed by atoms with Gasteiger partial charge in [0.25, 0.3) is 0 Å². The molecule has 0 aliphatic rings. The summed E-state index contributed by atoms with van der Waals surface area (Å²) < 4.78 is 106. The molecule has 0 aliphatic carbocycles.